The number of fused-ring (bicyclic) bond motifs is 1. The van der Waals surface area contributed by atoms with E-state index in [2.05, 4.69) is 13.5 Å². The number of nitrogens with two attached hydrogens (primary N) is 1. The van der Waals surface area contributed by atoms with Crippen molar-refractivity contribution >= 4 is 16.8 Å². The third-order valence-corrected chi connectivity index (χ3v) is 4.14. The summed E-state index contributed by atoms with van der Waals surface area (Å²) in [4.78, 5) is 12.6. The molecule has 0 saturated carbocycles. The maximum Gasteiger partial charge on any atom is 0.254 e. The predicted molar refractivity (Wildman–Crippen MR) is 94.9 cm³/mol. The van der Waals surface area contributed by atoms with Gasteiger partial charge in [0.15, 0.2) is 0 Å². The minimum absolute atomic E-state index is 0.0615. The smallest absolute Gasteiger partial charge is 0.254 e. The van der Waals surface area contributed by atoms with Gasteiger partial charge in [-0.3, -0.25) is 9.36 Å². The molecule has 1 aromatic carbocycles. The molecule has 0 amide bonds. The molecule has 4 heteroatoms. The van der Waals surface area contributed by atoms with Gasteiger partial charge >= 0.3 is 0 Å². The highest BCUT2D eigenvalue weighted by atomic mass is 16.5. The van der Waals surface area contributed by atoms with Gasteiger partial charge in [-0.2, -0.15) is 0 Å². The van der Waals surface area contributed by atoms with E-state index in [1.54, 1.807) is 17.8 Å². The molecule has 122 valence electrons. The summed E-state index contributed by atoms with van der Waals surface area (Å²) >= 11 is 0. The largest absolute Gasteiger partial charge is 0.497 e. The summed E-state index contributed by atoms with van der Waals surface area (Å²) in [6.45, 7) is 8.12. The molecular weight excluding hydrogens is 288 g/mol. The fourth-order valence-corrected chi connectivity index (χ4v) is 2.69. The summed E-state index contributed by atoms with van der Waals surface area (Å²) in [7, 11) is 1.63. The molecule has 2 N–H and O–H groups in total. The Hall–Kier alpha value is -2.33. The fourth-order valence-electron chi connectivity index (χ4n) is 2.69. The highest BCUT2D eigenvalue weighted by Gasteiger charge is 2.17. The number of rotatable bonds is 6. The standard InChI is InChI=1S/C19H24N2O2/c1-5-13(2)7-6-8-19(22)21-14(3)17(12-20)16-11-15(23-4)9-10-18(16)21/h5-6,8-11,13H,1,7,12,20H2,2-4H3/b8-6+. The van der Waals surface area contributed by atoms with Gasteiger partial charge in [-0.15, -0.1) is 6.58 Å². The van der Waals surface area contributed by atoms with Gasteiger partial charge in [0, 0.05) is 17.6 Å². The zero-order valence-electron chi connectivity index (χ0n) is 14.0. The molecule has 0 saturated heterocycles. The van der Waals surface area contributed by atoms with Gasteiger partial charge in [0.05, 0.1) is 12.6 Å². The topological polar surface area (TPSA) is 57.2 Å². The first-order valence-corrected chi connectivity index (χ1v) is 7.74. The first-order chi connectivity index (χ1) is 11.0. The van der Waals surface area contributed by atoms with E-state index in [4.69, 9.17) is 10.5 Å². The van der Waals surface area contributed by atoms with Crippen LogP contribution in [0.1, 0.15) is 29.4 Å². The highest BCUT2D eigenvalue weighted by molar-refractivity contribution is 6.01. The van der Waals surface area contributed by atoms with Crippen molar-refractivity contribution in [3.05, 3.63) is 54.3 Å². The molecule has 2 rings (SSSR count). The van der Waals surface area contributed by atoms with Crippen molar-refractivity contribution in [1.29, 1.82) is 0 Å². The Morgan fingerprint density at radius 2 is 2.22 bits per heavy atom. The lowest BCUT2D eigenvalue weighted by atomic mass is 10.1. The summed E-state index contributed by atoms with van der Waals surface area (Å²) in [6, 6.07) is 5.69. The molecule has 0 aliphatic heterocycles. The number of carbonyl (C=O) groups is 1. The molecule has 4 nitrogen and oxygen atoms in total. The molecule has 0 aliphatic carbocycles. The molecule has 1 unspecified atom stereocenters. The van der Waals surface area contributed by atoms with Crippen LogP contribution in [-0.2, 0) is 6.54 Å². The van der Waals surface area contributed by atoms with Crippen molar-refractivity contribution in [3.8, 4) is 5.75 Å². The Bertz CT molecular complexity index is 756. The first-order valence-electron chi connectivity index (χ1n) is 7.74. The quantitative estimate of drug-likeness (QED) is 0.651. The van der Waals surface area contributed by atoms with Gasteiger partial charge in [0.25, 0.3) is 5.91 Å². The number of methoxy groups -OCH3 is 1. The van der Waals surface area contributed by atoms with E-state index in [1.807, 2.05) is 37.3 Å². The van der Waals surface area contributed by atoms with Crippen molar-refractivity contribution in [1.82, 2.24) is 4.57 Å². The molecule has 23 heavy (non-hydrogen) atoms. The van der Waals surface area contributed by atoms with E-state index in [1.165, 1.54) is 0 Å². The van der Waals surface area contributed by atoms with Crippen molar-refractivity contribution in [2.45, 2.75) is 26.8 Å². The molecule has 1 heterocycles. The second-order valence-corrected chi connectivity index (χ2v) is 5.68. The number of ether oxygens (including phenoxy) is 1. The summed E-state index contributed by atoms with van der Waals surface area (Å²) in [5, 5.41) is 0.963. The average molecular weight is 312 g/mol. The van der Waals surface area contributed by atoms with Gasteiger partial charge in [0.1, 0.15) is 5.75 Å². The summed E-state index contributed by atoms with van der Waals surface area (Å²) in [6.07, 6.45) is 6.19. The summed E-state index contributed by atoms with van der Waals surface area (Å²) < 4.78 is 6.99. The Morgan fingerprint density at radius 1 is 1.48 bits per heavy atom. The van der Waals surface area contributed by atoms with Crippen LogP contribution in [0.25, 0.3) is 10.9 Å². The molecule has 1 aromatic heterocycles. The molecule has 1 atom stereocenters. The number of aromatic nitrogens is 1. The van der Waals surface area contributed by atoms with Crippen LogP contribution in [0.15, 0.2) is 43.0 Å². The number of hydrogen-bond donors (Lipinski definition) is 1. The molecule has 2 aromatic rings. The van der Waals surface area contributed by atoms with Crippen molar-refractivity contribution in [2.24, 2.45) is 11.7 Å². The third kappa shape index (κ3) is 3.37. The van der Waals surface area contributed by atoms with Crippen LogP contribution >= 0.6 is 0 Å². The van der Waals surface area contributed by atoms with E-state index in [0.29, 0.717) is 12.5 Å². The van der Waals surface area contributed by atoms with Crippen LogP contribution < -0.4 is 10.5 Å². The normalized spacial score (nSPS) is 12.7. The minimum Gasteiger partial charge on any atom is -0.497 e. The summed E-state index contributed by atoms with van der Waals surface area (Å²) in [5.74, 6) is 1.05. The number of hydrogen-bond acceptors (Lipinski definition) is 3. The van der Waals surface area contributed by atoms with Crippen molar-refractivity contribution < 1.29 is 9.53 Å². The molecule has 0 fully saturated rings. The van der Waals surface area contributed by atoms with Crippen LogP contribution in [0, 0.1) is 12.8 Å². The third-order valence-electron chi connectivity index (χ3n) is 4.14. The Labute approximate surface area is 137 Å². The lowest BCUT2D eigenvalue weighted by Gasteiger charge is -2.05. The van der Waals surface area contributed by atoms with Gasteiger partial charge < -0.3 is 10.5 Å². The van der Waals surface area contributed by atoms with E-state index in [9.17, 15) is 4.79 Å². The lowest BCUT2D eigenvalue weighted by Crippen LogP contribution is -2.10. The second kappa shape index (κ2) is 7.29. The Kier molecular flexibility index (Phi) is 5.40. The van der Waals surface area contributed by atoms with Crippen LogP contribution in [0.5, 0.6) is 5.75 Å². The van der Waals surface area contributed by atoms with Gasteiger partial charge in [0.2, 0.25) is 0 Å². The molecule has 0 aliphatic rings. The van der Waals surface area contributed by atoms with E-state index >= 15 is 0 Å². The number of allylic oxidation sites excluding steroid dienone is 3. The van der Waals surface area contributed by atoms with E-state index in [-0.39, 0.29) is 5.91 Å². The van der Waals surface area contributed by atoms with Crippen LogP contribution in [0.4, 0.5) is 0 Å². The zero-order valence-corrected chi connectivity index (χ0v) is 14.0. The Morgan fingerprint density at radius 3 is 2.83 bits per heavy atom. The monoisotopic (exact) mass is 312 g/mol. The molecule has 0 bridgehead atoms. The zero-order chi connectivity index (χ0) is 17.0. The second-order valence-electron chi connectivity index (χ2n) is 5.68. The number of carbonyl (C=O) groups excluding carboxylic acids is 1. The van der Waals surface area contributed by atoms with Gasteiger partial charge in [-0.05, 0) is 49.1 Å². The van der Waals surface area contributed by atoms with Crippen LogP contribution in [0.2, 0.25) is 0 Å². The van der Waals surface area contributed by atoms with Gasteiger partial charge in [-0.1, -0.05) is 19.1 Å². The van der Waals surface area contributed by atoms with Crippen molar-refractivity contribution in [2.75, 3.05) is 7.11 Å². The fraction of sp³-hybridized carbons (Fsp3) is 0.316. The molecular formula is C19H24N2O2. The van der Waals surface area contributed by atoms with E-state index < -0.39 is 0 Å². The summed E-state index contributed by atoms with van der Waals surface area (Å²) in [5.41, 5.74) is 8.59. The first kappa shape index (κ1) is 17.0. The van der Waals surface area contributed by atoms with Crippen LogP contribution in [0.3, 0.4) is 0 Å². The van der Waals surface area contributed by atoms with Crippen molar-refractivity contribution in [3.63, 3.8) is 0 Å². The maximum atomic E-state index is 12.6. The minimum atomic E-state index is -0.0615. The number of benzene rings is 1. The average Bonchev–Trinajstić information content (AvgIpc) is 2.84. The Balaban J connectivity index is 2.46. The lowest BCUT2D eigenvalue weighted by molar-refractivity contribution is 0.0971. The molecule has 0 spiro atoms. The predicted octanol–water partition coefficient (Wildman–Crippen LogP) is 3.83. The highest BCUT2D eigenvalue weighted by Crippen LogP contribution is 2.29. The van der Waals surface area contributed by atoms with Crippen LogP contribution in [-0.4, -0.2) is 17.6 Å². The van der Waals surface area contributed by atoms with Gasteiger partial charge in [-0.25, -0.2) is 0 Å². The SMILES string of the molecule is C=CC(C)C/C=C/C(=O)n1c(C)c(CN)c2cc(OC)ccc21. The van der Waals surface area contributed by atoms with E-state index in [0.717, 1.165) is 34.3 Å². The maximum absolute atomic E-state index is 12.6. The number of nitrogens with zero attached hydrogens (tertiary/aromatic N) is 1. The molecule has 0 radical (unpaired) electrons.